The molecule has 3 amide bonds. The Kier molecular flexibility index (Phi) is 8.16. The maximum absolute atomic E-state index is 13.5. The molecule has 8 nitrogen and oxygen atoms in total. The van der Waals surface area contributed by atoms with E-state index in [0.29, 0.717) is 37.6 Å². The smallest absolute Gasteiger partial charge is 0.415 e. The molecule has 2 aromatic carbocycles. The second-order valence-corrected chi connectivity index (χ2v) is 11.2. The van der Waals surface area contributed by atoms with Gasteiger partial charge in [0.05, 0.1) is 12.0 Å². The van der Waals surface area contributed by atoms with Crippen molar-refractivity contribution in [1.82, 2.24) is 14.7 Å². The summed E-state index contributed by atoms with van der Waals surface area (Å²) in [6.45, 7) is 6.88. The van der Waals surface area contributed by atoms with Crippen LogP contribution in [0.15, 0.2) is 48.5 Å². The van der Waals surface area contributed by atoms with Crippen molar-refractivity contribution in [3.8, 4) is 5.75 Å². The van der Waals surface area contributed by atoms with Crippen LogP contribution >= 0.6 is 11.6 Å². The van der Waals surface area contributed by atoms with Gasteiger partial charge in [-0.2, -0.15) is 0 Å². The number of nitrogens with zero attached hydrogens (tertiary/aromatic N) is 3. The normalized spacial score (nSPS) is 21.4. The molecule has 2 saturated heterocycles. The molecule has 2 aromatic rings. The Morgan fingerprint density at radius 3 is 2.26 bits per heavy atom. The van der Waals surface area contributed by atoms with Crippen LogP contribution in [0.4, 0.5) is 14.0 Å². The van der Waals surface area contributed by atoms with Gasteiger partial charge in [-0.05, 0) is 69.2 Å². The maximum atomic E-state index is 13.5. The number of ether oxygens (including phenoxy) is 2. The first-order chi connectivity index (χ1) is 17.9. The number of hydrogen-bond acceptors (Lipinski definition) is 5. The highest BCUT2D eigenvalue weighted by Gasteiger charge is 2.43. The van der Waals surface area contributed by atoms with Gasteiger partial charge in [-0.1, -0.05) is 23.7 Å². The minimum Gasteiger partial charge on any atom is -0.444 e. The molecule has 0 aliphatic carbocycles. The molecule has 2 aliphatic rings. The second kappa shape index (κ2) is 11.2. The van der Waals surface area contributed by atoms with Gasteiger partial charge in [0.25, 0.3) is 0 Å². The average Bonchev–Trinajstić information content (AvgIpc) is 3.52. The van der Waals surface area contributed by atoms with Crippen molar-refractivity contribution in [2.24, 2.45) is 5.92 Å². The van der Waals surface area contributed by atoms with Crippen molar-refractivity contribution in [2.45, 2.75) is 44.8 Å². The van der Waals surface area contributed by atoms with Crippen LogP contribution in [0.1, 0.15) is 38.7 Å². The predicted octanol–water partition coefficient (Wildman–Crippen LogP) is 5.16. The van der Waals surface area contributed by atoms with Crippen molar-refractivity contribution < 1.29 is 28.2 Å². The fourth-order valence-electron chi connectivity index (χ4n) is 4.92. The van der Waals surface area contributed by atoms with E-state index in [-0.39, 0.29) is 29.5 Å². The number of rotatable bonds is 4. The van der Waals surface area contributed by atoms with Crippen LogP contribution in [-0.2, 0) is 9.53 Å². The molecule has 0 radical (unpaired) electrons. The van der Waals surface area contributed by atoms with Crippen LogP contribution in [0, 0.1) is 11.7 Å². The number of likely N-dealkylation sites (N-methyl/N-ethyl adjacent to an activating group) is 1. The maximum Gasteiger partial charge on any atom is 0.415 e. The Bertz CT molecular complexity index is 1170. The van der Waals surface area contributed by atoms with Gasteiger partial charge in [0, 0.05) is 44.2 Å². The molecule has 4 rings (SSSR count). The molecule has 0 aromatic heterocycles. The third-order valence-corrected chi connectivity index (χ3v) is 7.14. The molecule has 10 heteroatoms. The molecular formula is C28H33ClFN3O5. The Labute approximate surface area is 227 Å². The third kappa shape index (κ3) is 6.56. The molecule has 0 N–H and O–H groups in total. The molecule has 2 heterocycles. The summed E-state index contributed by atoms with van der Waals surface area (Å²) in [6.07, 6.45) is -0.478. The molecule has 2 aliphatic heterocycles. The van der Waals surface area contributed by atoms with E-state index in [0.717, 1.165) is 5.56 Å². The highest BCUT2D eigenvalue weighted by atomic mass is 35.5. The summed E-state index contributed by atoms with van der Waals surface area (Å²) in [5.41, 5.74) is 0.332. The molecule has 0 spiro atoms. The number of likely N-dealkylation sites (tertiary alicyclic amines) is 2. The Hall–Kier alpha value is -3.33. The lowest BCUT2D eigenvalue weighted by Crippen LogP contribution is -2.44. The predicted molar refractivity (Wildman–Crippen MR) is 141 cm³/mol. The largest absolute Gasteiger partial charge is 0.444 e. The van der Waals surface area contributed by atoms with E-state index >= 15 is 0 Å². The number of benzene rings is 2. The number of hydrogen-bond donors (Lipinski definition) is 0. The van der Waals surface area contributed by atoms with E-state index in [1.165, 1.54) is 29.2 Å². The lowest BCUT2D eigenvalue weighted by atomic mass is 9.93. The fraction of sp³-hybridized carbons (Fsp3) is 0.464. The summed E-state index contributed by atoms with van der Waals surface area (Å²) in [5.74, 6) is -0.778. The first-order valence-corrected chi connectivity index (χ1v) is 13.0. The molecule has 204 valence electrons. The van der Waals surface area contributed by atoms with Crippen LogP contribution < -0.4 is 4.74 Å². The number of carbonyl (C=O) groups is 3. The minimum absolute atomic E-state index is 0.0576. The lowest BCUT2D eigenvalue weighted by Gasteiger charge is -2.28. The zero-order valence-corrected chi connectivity index (χ0v) is 22.8. The van der Waals surface area contributed by atoms with Crippen LogP contribution in [0.5, 0.6) is 5.75 Å². The fourth-order valence-corrected chi connectivity index (χ4v) is 5.05. The molecule has 0 bridgehead atoms. The molecule has 0 saturated carbocycles. The van der Waals surface area contributed by atoms with E-state index < -0.39 is 23.6 Å². The van der Waals surface area contributed by atoms with Crippen molar-refractivity contribution in [3.63, 3.8) is 0 Å². The highest BCUT2D eigenvalue weighted by molar-refractivity contribution is 6.30. The van der Waals surface area contributed by atoms with Gasteiger partial charge < -0.3 is 24.2 Å². The first-order valence-electron chi connectivity index (χ1n) is 12.6. The molecular weight excluding hydrogens is 513 g/mol. The van der Waals surface area contributed by atoms with E-state index in [9.17, 15) is 18.8 Å². The van der Waals surface area contributed by atoms with Gasteiger partial charge in [0.15, 0.2) is 0 Å². The first kappa shape index (κ1) is 27.7. The van der Waals surface area contributed by atoms with Crippen molar-refractivity contribution in [1.29, 1.82) is 0 Å². The highest BCUT2D eigenvalue weighted by Crippen LogP contribution is 2.34. The summed E-state index contributed by atoms with van der Waals surface area (Å²) < 4.78 is 24.2. The molecule has 38 heavy (non-hydrogen) atoms. The number of carbonyl (C=O) groups excluding carboxylic acids is 3. The van der Waals surface area contributed by atoms with Crippen molar-refractivity contribution >= 4 is 29.7 Å². The van der Waals surface area contributed by atoms with Crippen molar-refractivity contribution in [3.05, 3.63) is 64.9 Å². The lowest BCUT2D eigenvalue weighted by molar-refractivity contribution is -0.134. The molecule has 2 fully saturated rings. The van der Waals surface area contributed by atoms with Crippen molar-refractivity contribution in [2.75, 3.05) is 33.2 Å². The van der Waals surface area contributed by atoms with Crippen LogP contribution in [-0.4, -0.2) is 77.7 Å². The Morgan fingerprint density at radius 1 is 0.974 bits per heavy atom. The van der Waals surface area contributed by atoms with Gasteiger partial charge in [0.2, 0.25) is 5.91 Å². The summed E-state index contributed by atoms with van der Waals surface area (Å²) in [4.78, 5) is 43.9. The standard InChI is InChI=1S/C28H33ClFN3O5/c1-28(2,3)38-27(36)32-14-13-19(15-32)25(34)33-16-23(18-5-7-20(29)8-6-18)24(17-33)31(4)26(35)37-22-11-9-21(30)10-12-22/h5-12,19,23-24H,13-17H2,1-4H3. The van der Waals surface area contributed by atoms with E-state index in [1.54, 1.807) is 29.0 Å². The molecule has 3 atom stereocenters. The third-order valence-electron chi connectivity index (χ3n) is 6.89. The summed E-state index contributed by atoms with van der Waals surface area (Å²) in [6, 6.07) is 12.2. The van der Waals surface area contributed by atoms with Crippen LogP contribution in [0.25, 0.3) is 0 Å². The second-order valence-electron chi connectivity index (χ2n) is 10.8. The monoisotopic (exact) mass is 545 g/mol. The number of amides is 3. The van der Waals surface area contributed by atoms with Gasteiger partial charge in [-0.25, -0.2) is 14.0 Å². The summed E-state index contributed by atoms with van der Waals surface area (Å²) >= 11 is 6.10. The van der Waals surface area contributed by atoms with E-state index in [2.05, 4.69) is 0 Å². The van der Waals surface area contributed by atoms with Gasteiger partial charge in [0.1, 0.15) is 17.2 Å². The zero-order chi connectivity index (χ0) is 27.6. The quantitative estimate of drug-likeness (QED) is 0.530. The number of halogens is 2. The Balaban J connectivity index is 1.48. The van der Waals surface area contributed by atoms with Crippen LogP contribution in [0.3, 0.4) is 0 Å². The average molecular weight is 546 g/mol. The zero-order valence-electron chi connectivity index (χ0n) is 22.0. The van der Waals surface area contributed by atoms with E-state index in [1.807, 2.05) is 32.9 Å². The summed E-state index contributed by atoms with van der Waals surface area (Å²) in [5, 5.41) is 0.591. The Morgan fingerprint density at radius 2 is 1.63 bits per heavy atom. The van der Waals surface area contributed by atoms with Crippen LogP contribution in [0.2, 0.25) is 5.02 Å². The summed E-state index contributed by atoms with van der Waals surface area (Å²) in [7, 11) is 1.63. The van der Waals surface area contributed by atoms with Gasteiger partial charge in [-0.15, -0.1) is 0 Å². The minimum atomic E-state index is -0.611. The SMILES string of the molecule is CN(C(=O)Oc1ccc(F)cc1)C1CN(C(=O)C2CCN(C(=O)OC(C)(C)C)C2)CC1c1ccc(Cl)cc1. The van der Waals surface area contributed by atoms with Gasteiger partial charge in [-0.3, -0.25) is 4.79 Å². The molecule has 3 unspecified atom stereocenters. The van der Waals surface area contributed by atoms with E-state index in [4.69, 9.17) is 21.1 Å². The van der Waals surface area contributed by atoms with Gasteiger partial charge >= 0.3 is 12.2 Å². The topological polar surface area (TPSA) is 79.4 Å².